The van der Waals surface area contributed by atoms with Crippen molar-refractivity contribution in [3.8, 4) is 17.2 Å². The first-order chi connectivity index (χ1) is 7.78. The van der Waals surface area contributed by atoms with Gasteiger partial charge in [-0.25, -0.2) is 4.98 Å². The number of pyridine rings is 1. The number of benzene rings is 1. The van der Waals surface area contributed by atoms with Crippen molar-refractivity contribution in [2.45, 2.75) is 0 Å². The van der Waals surface area contributed by atoms with Gasteiger partial charge < -0.3 is 15.2 Å². The van der Waals surface area contributed by atoms with Crippen LogP contribution in [-0.2, 0) is 0 Å². The molecule has 0 spiro atoms. The zero-order chi connectivity index (χ0) is 11.4. The summed E-state index contributed by atoms with van der Waals surface area (Å²) in [6, 6.07) is 10.7. The standard InChI is InChI=1S/C12H12N2O2/c1-15-9-2-4-10(5-3-9)16-11-6-7-14-12(13)8-11/h2-8H,1H3,(H2,13,14). The number of nitrogens with two attached hydrogens (primary N) is 1. The third kappa shape index (κ3) is 2.42. The average molecular weight is 216 g/mol. The van der Waals surface area contributed by atoms with E-state index in [1.807, 2.05) is 24.3 Å². The molecule has 0 saturated carbocycles. The van der Waals surface area contributed by atoms with E-state index in [1.54, 1.807) is 25.4 Å². The van der Waals surface area contributed by atoms with E-state index in [4.69, 9.17) is 15.2 Å². The van der Waals surface area contributed by atoms with E-state index in [0.29, 0.717) is 11.6 Å². The van der Waals surface area contributed by atoms with E-state index in [2.05, 4.69) is 4.98 Å². The Morgan fingerprint density at radius 2 is 1.69 bits per heavy atom. The van der Waals surface area contributed by atoms with Gasteiger partial charge in [-0.05, 0) is 30.3 Å². The quantitative estimate of drug-likeness (QED) is 0.856. The molecule has 4 heteroatoms. The van der Waals surface area contributed by atoms with Gasteiger partial charge in [0, 0.05) is 12.3 Å². The number of anilines is 1. The Hall–Kier alpha value is -2.23. The molecular weight excluding hydrogens is 204 g/mol. The minimum absolute atomic E-state index is 0.436. The molecule has 0 radical (unpaired) electrons. The zero-order valence-electron chi connectivity index (χ0n) is 8.88. The van der Waals surface area contributed by atoms with Gasteiger partial charge in [0.25, 0.3) is 0 Å². The number of aromatic nitrogens is 1. The van der Waals surface area contributed by atoms with Crippen molar-refractivity contribution < 1.29 is 9.47 Å². The molecule has 82 valence electrons. The van der Waals surface area contributed by atoms with Gasteiger partial charge in [0.15, 0.2) is 0 Å². The van der Waals surface area contributed by atoms with Crippen LogP contribution >= 0.6 is 0 Å². The van der Waals surface area contributed by atoms with E-state index in [9.17, 15) is 0 Å². The van der Waals surface area contributed by atoms with Crippen LogP contribution in [0.4, 0.5) is 5.82 Å². The highest BCUT2D eigenvalue weighted by Gasteiger charge is 1.98. The maximum absolute atomic E-state index is 5.58. The number of nitrogen functional groups attached to an aromatic ring is 1. The predicted octanol–water partition coefficient (Wildman–Crippen LogP) is 2.46. The van der Waals surface area contributed by atoms with Crippen molar-refractivity contribution in [3.05, 3.63) is 42.6 Å². The largest absolute Gasteiger partial charge is 0.497 e. The molecule has 0 aliphatic rings. The highest BCUT2D eigenvalue weighted by Crippen LogP contribution is 2.23. The lowest BCUT2D eigenvalue weighted by Crippen LogP contribution is -1.90. The van der Waals surface area contributed by atoms with Crippen LogP contribution in [0.5, 0.6) is 17.2 Å². The van der Waals surface area contributed by atoms with Gasteiger partial charge in [-0.2, -0.15) is 0 Å². The van der Waals surface area contributed by atoms with E-state index in [0.717, 1.165) is 11.5 Å². The second-order valence-corrected chi connectivity index (χ2v) is 3.19. The lowest BCUT2D eigenvalue weighted by molar-refractivity contribution is 0.413. The SMILES string of the molecule is COc1ccc(Oc2ccnc(N)c2)cc1. The van der Waals surface area contributed by atoms with Crippen LogP contribution in [0.1, 0.15) is 0 Å². The topological polar surface area (TPSA) is 57.4 Å². The van der Waals surface area contributed by atoms with Crippen molar-refractivity contribution in [1.29, 1.82) is 0 Å². The second-order valence-electron chi connectivity index (χ2n) is 3.19. The fourth-order valence-corrected chi connectivity index (χ4v) is 1.27. The summed E-state index contributed by atoms with van der Waals surface area (Å²) in [5.74, 6) is 2.62. The monoisotopic (exact) mass is 216 g/mol. The van der Waals surface area contributed by atoms with Gasteiger partial charge in [-0.15, -0.1) is 0 Å². The summed E-state index contributed by atoms with van der Waals surface area (Å²) in [7, 11) is 1.62. The summed E-state index contributed by atoms with van der Waals surface area (Å²) in [4.78, 5) is 3.89. The van der Waals surface area contributed by atoms with Crippen LogP contribution in [0.3, 0.4) is 0 Å². The summed E-state index contributed by atoms with van der Waals surface area (Å²) in [5, 5.41) is 0. The Morgan fingerprint density at radius 1 is 1.00 bits per heavy atom. The number of nitrogens with zero attached hydrogens (tertiary/aromatic N) is 1. The molecule has 0 aliphatic carbocycles. The van der Waals surface area contributed by atoms with Crippen LogP contribution in [0.25, 0.3) is 0 Å². The minimum Gasteiger partial charge on any atom is -0.497 e. The fraction of sp³-hybridized carbons (Fsp3) is 0.0833. The fourth-order valence-electron chi connectivity index (χ4n) is 1.27. The molecule has 0 atom stereocenters. The van der Waals surface area contributed by atoms with Crippen molar-refractivity contribution in [3.63, 3.8) is 0 Å². The Balaban J connectivity index is 2.14. The van der Waals surface area contributed by atoms with Gasteiger partial charge >= 0.3 is 0 Å². The molecule has 1 aromatic carbocycles. The molecule has 0 aliphatic heterocycles. The molecule has 2 N–H and O–H groups in total. The summed E-state index contributed by atoms with van der Waals surface area (Å²) >= 11 is 0. The molecule has 0 bridgehead atoms. The van der Waals surface area contributed by atoms with E-state index < -0.39 is 0 Å². The van der Waals surface area contributed by atoms with Crippen molar-refractivity contribution >= 4 is 5.82 Å². The first kappa shape index (κ1) is 10.3. The van der Waals surface area contributed by atoms with Gasteiger partial charge in [0.2, 0.25) is 0 Å². The highest BCUT2D eigenvalue weighted by atomic mass is 16.5. The Bertz CT molecular complexity index is 469. The molecule has 2 rings (SSSR count). The third-order valence-corrected chi connectivity index (χ3v) is 2.05. The summed E-state index contributed by atoms with van der Waals surface area (Å²) in [6.45, 7) is 0. The Labute approximate surface area is 93.6 Å². The summed E-state index contributed by atoms with van der Waals surface area (Å²) < 4.78 is 10.6. The van der Waals surface area contributed by atoms with Crippen molar-refractivity contribution in [2.24, 2.45) is 0 Å². The Morgan fingerprint density at radius 3 is 2.31 bits per heavy atom. The lowest BCUT2D eigenvalue weighted by atomic mass is 10.3. The predicted molar refractivity (Wildman–Crippen MR) is 61.7 cm³/mol. The molecule has 0 amide bonds. The molecule has 1 heterocycles. The second kappa shape index (κ2) is 4.53. The van der Waals surface area contributed by atoms with Crippen molar-refractivity contribution in [1.82, 2.24) is 4.98 Å². The van der Waals surface area contributed by atoms with Gasteiger partial charge in [0.05, 0.1) is 7.11 Å². The lowest BCUT2D eigenvalue weighted by Gasteiger charge is -2.06. The van der Waals surface area contributed by atoms with E-state index in [-0.39, 0.29) is 0 Å². The van der Waals surface area contributed by atoms with Crippen LogP contribution in [0, 0.1) is 0 Å². The van der Waals surface area contributed by atoms with Gasteiger partial charge in [-0.1, -0.05) is 0 Å². The molecule has 2 aromatic rings. The molecular formula is C12H12N2O2. The number of methoxy groups -OCH3 is 1. The number of hydrogen-bond acceptors (Lipinski definition) is 4. The maximum atomic E-state index is 5.58. The zero-order valence-corrected chi connectivity index (χ0v) is 8.88. The van der Waals surface area contributed by atoms with Crippen LogP contribution in [0.2, 0.25) is 0 Å². The van der Waals surface area contributed by atoms with Crippen molar-refractivity contribution in [2.75, 3.05) is 12.8 Å². The summed E-state index contributed by atoms with van der Waals surface area (Å²) in [5.41, 5.74) is 5.55. The molecule has 0 fully saturated rings. The van der Waals surface area contributed by atoms with Crippen LogP contribution in [0.15, 0.2) is 42.6 Å². The van der Waals surface area contributed by atoms with Crippen LogP contribution in [-0.4, -0.2) is 12.1 Å². The van der Waals surface area contributed by atoms with E-state index in [1.165, 1.54) is 0 Å². The number of hydrogen-bond donors (Lipinski definition) is 1. The maximum Gasteiger partial charge on any atom is 0.132 e. The smallest absolute Gasteiger partial charge is 0.132 e. The molecule has 4 nitrogen and oxygen atoms in total. The third-order valence-electron chi connectivity index (χ3n) is 2.05. The first-order valence-electron chi connectivity index (χ1n) is 4.81. The molecule has 1 aromatic heterocycles. The van der Waals surface area contributed by atoms with Gasteiger partial charge in [-0.3, -0.25) is 0 Å². The molecule has 16 heavy (non-hydrogen) atoms. The normalized spacial score (nSPS) is 9.81. The molecule has 0 unspecified atom stereocenters. The highest BCUT2D eigenvalue weighted by molar-refractivity contribution is 5.39. The van der Waals surface area contributed by atoms with Crippen LogP contribution < -0.4 is 15.2 Å². The summed E-state index contributed by atoms with van der Waals surface area (Å²) in [6.07, 6.45) is 1.61. The average Bonchev–Trinajstić information content (AvgIpc) is 2.30. The number of rotatable bonds is 3. The van der Waals surface area contributed by atoms with Gasteiger partial charge in [0.1, 0.15) is 23.1 Å². The Kier molecular flexibility index (Phi) is 2.91. The number of ether oxygens (including phenoxy) is 2. The first-order valence-corrected chi connectivity index (χ1v) is 4.81. The minimum atomic E-state index is 0.436. The van der Waals surface area contributed by atoms with E-state index >= 15 is 0 Å². The molecule has 0 saturated heterocycles.